The maximum atomic E-state index is 9.15. The van der Waals surface area contributed by atoms with Crippen molar-refractivity contribution in [1.29, 1.82) is 0 Å². The van der Waals surface area contributed by atoms with Crippen molar-refractivity contribution in [2.45, 2.75) is 57.8 Å². The fourth-order valence-electron chi connectivity index (χ4n) is 3.43. The Morgan fingerprint density at radius 3 is 2.42 bits per heavy atom. The van der Waals surface area contributed by atoms with Crippen LogP contribution in [0.2, 0.25) is 0 Å². The Bertz CT molecular complexity index is 595. The van der Waals surface area contributed by atoms with Gasteiger partial charge in [-0.15, -0.1) is 0 Å². The van der Waals surface area contributed by atoms with Gasteiger partial charge in [0, 0.05) is 43.5 Å². The Hall–Kier alpha value is -1.22. The normalized spacial score (nSPS) is 25.1. The number of likely N-dealkylation sites (N-methyl/N-ethyl adjacent to an activating group) is 1. The highest BCUT2D eigenvalue weighted by molar-refractivity contribution is 6.61. The summed E-state index contributed by atoms with van der Waals surface area (Å²) in [6.07, 6.45) is 5.86. The Morgan fingerprint density at radius 2 is 1.85 bits per heavy atom. The molecule has 2 aliphatic rings. The van der Waals surface area contributed by atoms with Crippen LogP contribution in [0.25, 0.3) is 0 Å². The van der Waals surface area contributed by atoms with Crippen LogP contribution in [0, 0.1) is 0 Å². The van der Waals surface area contributed by atoms with Crippen LogP contribution in [0.3, 0.4) is 0 Å². The third-order valence-electron chi connectivity index (χ3n) is 5.94. The van der Waals surface area contributed by atoms with E-state index >= 15 is 0 Å². The number of rotatable bonds is 5. The van der Waals surface area contributed by atoms with Crippen molar-refractivity contribution in [2.75, 3.05) is 38.2 Å². The molecule has 7 nitrogen and oxygen atoms in total. The summed E-state index contributed by atoms with van der Waals surface area (Å²) in [7, 11) is 1.63. The van der Waals surface area contributed by atoms with E-state index in [2.05, 4.69) is 26.8 Å². The van der Waals surface area contributed by atoms with Crippen molar-refractivity contribution in [3.8, 4) is 0 Å². The fourth-order valence-corrected chi connectivity index (χ4v) is 3.43. The van der Waals surface area contributed by atoms with E-state index in [4.69, 9.17) is 14.4 Å². The minimum Gasteiger partial charge on any atom is -0.399 e. The van der Waals surface area contributed by atoms with Crippen LogP contribution in [0.1, 0.15) is 40.5 Å². The summed E-state index contributed by atoms with van der Waals surface area (Å²) in [6.45, 7) is 10.9. The molecule has 0 aliphatic carbocycles. The smallest absolute Gasteiger partial charge is 0.399 e. The molecule has 0 spiro atoms. The van der Waals surface area contributed by atoms with Crippen molar-refractivity contribution in [3.05, 3.63) is 12.4 Å². The lowest BCUT2D eigenvalue weighted by Gasteiger charge is -2.37. The summed E-state index contributed by atoms with van der Waals surface area (Å²) in [6, 6.07) is 0.419. The molecule has 1 aromatic heterocycles. The number of nitrogens with zero attached hydrogens (tertiary/aromatic N) is 4. The third kappa shape index (κ3) is 3.88. The molecule has 3 heterocycles. The quantitative estimate of drug-likeness (QED) is 0.772. The van der Waals surface area contributed by atoms with Gasteiger partial charge in [0.2, 0.25) is 5.95 Å². The molecule has 0 bridgehead atoms. The SMILES string of the molecule is CN(CCO)[C@H]1CCCN(c2ncc(B3OC(C)(C)C(C)(C)O3)cn2)C1. The largest absolute Gasteiger partial charge is 0.498 e. The average Bonchev–Trinajstić information content (AvgIpc) is 2.83. The van der Waals surface area contributed by atoms with E-state index in [0.29, 0.717) is 12.6 Å². The summed E-state index contributed by atoms with van der Waals surface area (Å²) < 4.78 is 12.1. The molecule has 0 saturated carbocycles. The van der Waals surface area contributed by atoms with E-state index in [1.54, 1.807) is 0 Å². The Labute approximate surface area is 156 Å². The molecule has 0 unspecified atom stereocenters. The van der Waals surface area contributed by atoms with E-state index in [9.17, 15) is 0 Å². The number of aromatic nitrogens is 2. The molecule has 1 atom stereocenters. The van der Waals surface area contributed by atoms with E-state index in [1.807, 2.05) is 40.1 Å². The van der Waals surface area contributed by atoms with Gasteiger partial charge in [-0.2, -0.15) is 0 Å². The number of aliphatic hydroxyl groups excluding tert-OH is 1. The molecule has 144 valence electrons. The summed E-state index contributed by atoms with van der Waals surface area (Å²) in [5.74, 6) is 0.743. The Morgan fingerprint density at radius 1 is 1.23 bits per heavy atom. The third-order valence-corrected chi connectivity index (χ3v) is 5.94. The zero-order valence-corrected chi connectivity index (χ0v) is 16.6. The van der Waals surface area contributed by atoms with Gasteiger partial charge in [-0.3, -0.25) is 4.90 Å². The zero-order valence-electron chi connectivity index (χ0n) is 16.6. The van der Waals surface area contributed by atoms with Gasteiger partial charge >= 0.3 is 7.12 Å². The number of piperidine rings is 1. The van der Waals surface area contributed by atoms with Crippen LogP contribution in [-0.2, 0) is 9.31 Å². The van der Waals surface area contributed by atoms with Crippen molar-refractivity contribution >= 4 is 18.5 Å². The first-order valence-corrected chi connectivity index (χ1v) is 9.47. The molecule has 0 radical (unpaired) electrons. The second-order valence-corrected chi connectivity index (χ2v) is 8.35. The number of anilines is 1. The van der Waals surface area contributed by atoms with E-state index in [0.717, 1.165) is 37.3 Å². The van der Waals surface area contributed by atoms with Gasteiger partial charge in [-0.25, -0.2) is 9.97 Å². The van der Waals surface area contributed by atoms with Gasteiger partial charge in [0.1, 0.15) is 0 Å². The first kappa shape index (κ1) is 19.5. The summed E-state index contributed by atoms with van der Waals surface area (Å²) in [5, 5.41) is 9.15. The molecule has 2 fully saturated rings. The predicted molar refractivity (Wildman–Crippen MR) is 103 cm³/mol. The fraction of sp³-hybridized carbons (Fsp3) is 0.778. The average molecular weight is 362 g/mol. The number of aliphatic hydroxyl groups is 1. The molecular formula is C18H31BN4O3. The molecule has 2 saturated heterocycles. The van der Waals surface area contributed by atoms with Crippen molar-refractivity contribution in [3.63, 3.8) is 0 Å². The molecule has 2 aliphatic heterocycles. The maximum absolute atomic E-state index is 9.15. The van der Waals surface area contributed by atoms with Crippen LogP contribution in [0.4, 0.5) is 5.95 Å². The minimum absolute atomic E-state index is 0.187. The molecule has 1 N–H and O–H groups in total. The second-order valence-electron chi connectivity index (χ2n) is 8.35. The highest BCUT2D eigenvalue weighted by atomic mass is 16.7. The number of hydrogen-bond acceptors (Lipinski definition) is 7. The van der Waals surface area contributed by atoms with Crippen molar-refractivity contribution in [1.82, 2.24) is 14.9 Å². The molecule has 0 aromatic carbocycles. The van der Waals surface area contributed by atoms with Gasteiger partial charge in [0.05, 0.1) is 17.8 Å². The van der Waals surface area contributed by atoms with Gasteiger partial charge in [0.15, 0.2) is 0 Å². The second kappa shape index (κ2) is 7.42. The predicted octanol–water partition coefficient (Wildman–Crippen LogP) is 0.669. The molecule has 3 rings (SSSR count). The van der Waals surface area contributed by atoms with E-state index in [1.165, 1.54) is 0 Å². The van der Waals surface area contributed by atoms with Crippen LogP contribution in [0.5, 0.6) is 0 Å². The summed E-state index contributed by atoms with van der Waals surface area (Å²) in [5.41, 5.74) is 0.111. The van der Waals surface area contributed by atoms with Crippen LogP contribution in [-0.4, -0.2) is 77.6 Å². The lowest BCUT2D eigenvalue weighted by Crippen LogP contribution is -2.48. The summed E-state index contributed by atoms with van der Waals surface area (Å²) >= 11 is 0. The van der Waals surface area contributed by atoms with Gasteiger partial charge in [0.25, 0.3) is 0 Å². The van der Waals surface area contributed by atoms with Gasteiger partial charge in [-0.1, -0.05) is 0 Å². The Balaban J connectivity index is 1.66. The molecular weight excluding hydrogens is 331 g/mol. The van der Waals surface area contributed by atoms with E-state index < -0.39 is 7.12 Å². The number of hydrogen-bond donors (Lipinski definition) is 1. The standard InChI is InChI=1S/C18H31BN4O3/c1-17(2)18(3,4)26-19(25-17)14-11-20-16(21-12-14)23-8-6-7-15(13-23)22(5)9-10-24/h11-12,15,24H,6-10,13H2,1-5H3/t15-/m0/s1. The van der Waals surface area contributed by atoms with Crippen LogP contribution in [0.15, 0.2) is 12.4 Å². The van der Waals surface area contributed by atoms with Crippen LogP contribution >= 0.6 is 0 Å². The highest BCUT2D eigenvalue weighted by Gasteiger charge is 2.52. The Kier molecular flexibility index (Phi) is 5.58. The molecule has 8 heteroatoms. The lowest BCUT2D eigenvalue weighted by molar-refractivity contribution is 0.00578. The van der Waals surface area contributed by atoms with Crippen molar-refractivity contribution < 1.29 is 14.4 Å². The van der Waals surface area contributed by atoms with Crippen LogP contribution < -0.4 is 10.4 Å². The first-order valence-electron chi connectivity index (χ1n) is 9.47. The topological polar surface area (TPSA) is 71.0 Å². The highest BCUT2D eigenvalue weighted by Crippen LogP contribution is 2.36. The zero-order chi connectivity index (χ0) is 18.9. The van der Waals surface area contributed by atoms with Gasteiger partial charge in [-0.05, 0) is 47.6 Å². The molecule has 26 heavy (non-hydrogen) atoms. The molecule has 1 aromatic rings. The monoisotopic (exact) mass is 362 g/mol. The first-order chi connectivity index (χ1) is 12.2. The lowest BCUT2D eigenvalue weighted by atomic mass is 9.81. The molecule has 0 amide bonds. The van der Waals surface area contributed by atoms with E-state index in [-0.39, 0.29) is 17.8 Å². The maximum Gasteiger partial charge on any atom is 0.498 e. The van der Waals surface area contributed by atoms with Crippen molar-refractivity contribution in [2.24, 2.45) is 0 Å². The minimum atomic E-state index is -0.432. The summed E-state index contributed by atoms with van der Waals surface area (Å²) in [4.78, 5) is 13.6. The van der Waals surface area contributed by atoms with Gasteiger partial charge < -0.3 is 19.3 Å².